The zero-order chi connectivity index (χ0) is 10.6. The average Bonchev–Trinajstić information content (AvgIpc) is 2.20. The highest BCUT2D eigenvalue weighted by Gasteiger charge is 2.10. The molecule has 0 bridgehead atoms. The number of aldehydes is 2. The van der Waals surface area contributed by atoms with Crippen LogP contribution in [0, 0.1) is 0 Å². The summed E-state index contributed by atoms with van der Waals surface area (Å²) >= 11 is 5.83. The van der Waals surface area contributed by atoms with Gasteiger partial charge in [0.05, 0.1) is 18.1 Å². The van der Waals surface area contributed by atoms with Gasteiger partial charge < -0.3 is 14.3 Å². The number of carbonyl (C=O) groups excluding carboxylic acids is 2. The molecule has 0 aromatic heterocycles. The van der Waals surface area contributed by atoms with Gasteiger partial charge in [-0.05, 0) is 17.7 Å². The molecule has 0 fully saturated rings. The minimum Gasteiger partial charge on any atom is -0.495 e. The lowest BCUT2D eigenvalue weighted by Gasteiger charge is -2.06. The van der Waals surface area contributed by atoms with Crippen molar-refractivity contribution in [3.05, 3.63) is 28.8 Å². The lowest BCUT2D eigenvalue weighted by molar-refractivity contribution is -0.116. The molecule has 0 unspecified atom stereocenters. The molecule has 0 aliphatic carbocycles. The van der Waals surface area contributed by atoms with Gasteiger partial charge in [0, 0.05) is 0 Å². The van der Waals surface area contributed by atoms with Crippen LogP contribution in [-0.2, 0) is 9.59 Å². The molecule has 74 valence electrons. The molecule has 0 saturated heterocycles. The Morgan fingerprint density at radius 1 is 1.36 bits per heavy atom. The van der Waals surface area contributed by atoms with E-state index in [4.69, 9.17) is 16.3 Å². The second kappa shape index (κ2) is 4.77. The van der Waals surface area contributed by atoms with Gasteiger partial charge in [-0.2, -0.15) is 0 Å². The Morgan fingerprint density at radius 3 is 2.43 bits per heavy atom. The number of hydrogen-bond acceptors (Lipinski definition) is 3. The van der Waals surface area contributed by atoms with E-state index in [1.807, 2.05) is 0 Å². The van der Waals surface area contributed by atoms with Gasteiger partial charge in [0.15, 0.2) is 0 Å². The van der Waals surface area contributed by atoms with E-state index in [1.54, 1.807) is 18.2 Å². The van der Waals surface area contributed by atoms with Crippen LogP contribution in [0.5, 0.6) is 5.75 Å². The summed E-state index contributed by atoms with van der Waals surface area (Å²) in [5, 5.41) is 0.388. The average molecular weight is 213 g/mol. The fourth-order valence-electron chi connectivity index (χ4n) is 1.08. The molecule has 1 rings (SSSR count). The van der Waals surface area contributed by atoms with E-state index in [9.17, 15) is 9.59 Å². The van der Waals surface area contributed by atoms with Crippen molar-refractivity contribution in [2.24, 2.45) is 0 Å². The van der Waals surface area contributed by atoms with Gasteiger partial charge >= 0.3 is 0 Å². The number of rotatable bonds is 4. The lowest BCUT2D eigenvalue weighted by Crippen LogP contribution is -2.01. The fraction of sp³-hybridized carbons (Fsp3) is 0.200. The van der Waals surface area contributed by atoms with Crippen molar-refractivity contribution in [2.75, 3.05) is 7.11 Å². The van der Waals surface area contributed by atoms with Crippen LogP contribution in [-0.4, -0.2) is 19.7 Å². The Morgan fingerprint density at radius 2 is 2.00 bits per heavy atom. The first-order chi connectivity index (χ1) is 6.72. The van der Waals surface area contributed by atoms with Gasteiger partial charge in [-0.1, -0.05) is 17.7 Å². The molecule has 0 N–H and O–H groups in total. The third-order valence-electron chi connectivity index (χ3n) is 1.85. The molecule has 0 heterocycles. The molecular weight excluding hydrogens is 204 g/mol. The summed E-state index contributed by atoms with van der Waals surface area (Å²) in [7, 11) is 1.50. The summed E-state index contributed by atoms with van der Waals surface area (Å²) in [6.45, 7) is 0. The van der Waals surface area contributed by atoms with E-state index in [-0.39, 0.29) is 0 Å². The molecule has 3 nitrogen and oxygen atoms in total. The van der Waals surface area contributed by atoms with E-state index in [2.05, 4.69) is 0 Å². The minimum atomic E-state index is -0.751. The van der Waals surface area contributed by atoms with Crippen LogP contribution >= 0.6 is 11.6 Å². The van der Waals surface area contributed by atoms with E-state index >= 15 is 0 Å². The van der Waals surface area contributed by atoms with Crippen LogP contribution in [0.2, 0.25) is 5.02 Å². The first-order valence-corrected chi connectivity index (χ1v) is 4.34. The second-order valence-corrected chi connectivity index (χ2v) is 3.10. The van der Waals surface area contributed by atoms with E-state index < -0.39 is 5.92 Å². The minimum absolute atomic E-state index is 0.388. The van der Waals surface area contributed by atoms with E-state index in [0.717, 1.165) is 0 Å². The zero-order valence-electron chi connectivity index (χ0n) is 7.57. The van der Waals surface area contributed by atoms with E-state index in [1.165, 1.54) is 7.11 Å². The fourth-order valence-corrected chi connectivity index (χ4v) is 1.35. The first kappa shape index (κ1) is 10.7. The smallest absolute Gasteiger partial charge is 0.137 e. The van der Waals surface area contributed by atoms with Gasteiger partial charge in [-0.25, -0.2) is 0 Å². The third kappa shape index (κ3) is 2.12. The topological polar surface area (TPSA) is 43.4 Å². The van der Waals surface area contributed by atoms with Crippen LogP contribution in [0.3, 0.4) is 0 Å². The summed E-state index contributed by atoms with van der Waals surface area (Å²) in [6.07, 6.45) is 1.15. The Bertz CT molecular complexity index is 341. The first-order valence-electron chi connectivity index (χ1n) is 3.97. The molecule has 0 atom stereocenters. The molecule has 1 aromatic carbocycles. The van der Waals surface area contributed by atoms with Crippen molar-refractivity contribution >= 4 is 24.2 Å². The third-order valence-corrected chi connectivity index (χ3v) is 2.15. The van der Waals surface area contributed by atoms with Crippen LogP contribution in [0.15, 0.2) is 18.2 Å². The number of halogens is 1. The molecule has 0 aliphatic heterocycles. The maximum atomic E-state index is 10.5. The highest BCUT2D eigenvalue weighted by atomic mass is 35.5. The van der Waals surface area contributed by atoms with Crippen molar-refractivity contribution in [3.8, 4) is 5.75 Å². The van der Waals surface area contributed by atoms with Crippen molar-refractivity contribution in [2.45, 2.75) is 5.92 Å². The molecule has 14 heavy (non-hydrogen) atoms. The quantitative estimate of drug-likeness (QED) is 0.565. The summed E-state index contributed by atoms with van der Waals surface area (Å²) in [6, 6.07) is 4.81. The predicted octanol–water partition coefficient (Wildman–Crippen LogP) is 1.83. The molecular formula is C10H9ClO3. The summed E-state index contributed by atoms with van der Waals surface area (Å²) in [4.78, 5) is 21.0. The van der Waals surface area contributed by atoms with Crippen LogP contribution in [0.4, 0.5) is 0 Å². The number of methoxy groups -OCH3 is 1. The highest BCUT2D eigenvalue weighted by molar-refractivity contribution is 6.32. The van der Waals surface area contributed by atoms with Crippen LogP contribution < -0.4 is 4.74 Å². The predicted molar refractivity (Wildman–Crippen MR) is 52.9 cm³/mol. The number of carbonyl (C=O) groups is 2. The van der Waals surface area contributed by atoms with Gasteiger partial charge in [-0.15, -0.1) is 0 Å². The normalized spacial score (nSPS) is 9.93. The van der Waals surface area contributed by atoms with Crippen molar-refractivity contribution in [1.82, 2.24) is 0 Å². The Hall–Kier alpha value is -1.35. The maximum Gasteiger partial charge on any atom is 0.137 e. The Balaban J connectivity index is 3.06. The maximum absolute atomic E-state index is 10.5. The van der Waals surface area contributed by atoms with Gasteiger partial charge in [0.1, 0.15) is 18.3 Å². The van der Waals surface area contributed by atoms with Gasteiger partial charge in [0.25, 0.3) is 0 Å². The zero-order valence-corrected chi connectivity index (χ0v) is 8.32. The molecule has 0 amide bonds. The standard InChI is InChI=1S/C10H9ClO3/c1-14-10-3-2-7(4-9(10)11)8(5-12)6-13/h2-6,8H,1H3. The molecule has 0 radical (unpaired) electrons. The summed E-state index contributed by atoms with van der Waals surface area (Å²) < 4.78 is 4.94. The molecule has 1 aromatic rings. The van der Waals surface area contributed by atoms with Crippen molar-refractivity contribution < 1.29 is 14.3 Å². The Kier molecular flexibility index (Phi) is 3.65. The van der Waals surface area contributed by atoms with Gasteiger partial charge in [0.2, 0.25) is 0 Å². The lowest BCUT2D eigenvalue weighted by atomic mass is 10.0. The highest BCUT2D eigenvalue weighted by Crippen LogP contribution is 2.27. The summed E-state index contributed by atoms with van der Waals surface area (Å²) in [5.74, 6) is -0.232. The second-order valence-electron chi connectivity index (χ2n) is 2.69. The number of hydrogen-bond donors (Lipinski definition) is 0. The molecule has 0 spiro atoms. The van der Waals surface area contributed by atoms with E-state index in [0.29, 0.717) is 28.9 Å². The largest absolute Gasteiger partial charge is 0.495 e. The van der Waals surface area contributed by atoms with Crippen LogP contribution in [0.1, 0.15) is 11.5 Å². The van der Waals surface area contributed by atoms with Gasteiger partial charge in [-0.3, -0.25) is 0 Å². The molecule has 0 saturated carbocycles. The Labute approximate surface area is 86.6 Å². The molecule has 4 heteroatoms. The van der Waals surface area contributed by atoms with Crippen molar-refractivity contribution in [3.63, 3.8) is 0 Å². The van der Waals surface area contributed by atoms with Crippen molar-refractivity contribution in [1.29, 1.82) is 0 Å². The monoisotopic (exact) mass is 212 g/mol. The summed E-state index contributed by atoms with van der Waals surface area (Å²) in [5.41, 5.74) is 0.570. The SMILES string of the molecule is COc1ccc(C(C=O)C=O)cc1Cl. The van der Waals surface area contributed by atoms with Crippen LogP contribution in [0.25, 0.3) is 0 Å². The molecule has 0 aliphatic rings. The number of benzene rings is 1. The number of ether oxygens (including phenoxy) is 1.